The Morgan fingerprint density at radius 3 is 2.17 bits per heavy atom. The Kier molecular flexibility index (Phi) is 6.19. The summed E-state index contributed by atoms with van der Waals surface area (Å²) in [6, 6.07) is 9.35. The molecule has 23 heavy (non-hydrogen) atoms. The van der Waals surface area contributed by atoms with Crippen LogP contribution in [0.3, 0.4) is 0 Å². The molecule has 0 saturated heterocycles. The topological polar surface area (TPSA) is 75.6 Å². The Balaban J connectivity index is 2.84. The number of ether oxygens (including phenoxy) is 1. The SMILES string of the molecule is CC(C)(C)OC(=O)NC(Cc1ccccc1)CC(C)(C)C(=O)O. The Morgan fingerprint density at radius 1 is 1.13 bits per heavy atom. The first-order valence-electron chi connectivity index (χ1n) is 7.76. The van der Waals surface area contributed by atoms with Crippen LogP contribution >= 0.6 is 0 Å². The maximum Gasteiger partial charge on any atom is 0.407 e. The van der Waals surface area contributed by atoms with E-state index in [9.17, 15) is 14.7 Å². The van der Waals surface area contributed by atoms with Gasteiger partial charge in [0.2, 0.25) is 0 Å². The van der Waals surface area contributed by atoms with Crippen molar-refractivity contribution in [3.63, 3.8) is 0 Å². The van der Waals surface area contributed by atoms with Crippen molar-refractivity contribution < 1.29 is 19.4 Å². The van der Waals surface area contributed by atoms with Gasteiger partial charge in [0.15, 0.2) is 0 Å². The smallest absolute Gasteiger partial charge is 0.407 e. The summed E-state index contributed by atoms with van der Waals surface area (Å²) in [4.78, 5) is 23.4. The molecule has 0 fully saturated rings. The first-order chi connectivity index (χ1) is 10.5. The highest BCUT2D eigenvalue weighted by Gasteiger charge is 2.32. The minimum atomic E-state index is -0.936. The summed E-state index contributed by atoms with van der Waals surface area (Å²) in [5, 5.41) is 12.1. The molecular weight excluding hydrogens is 294 g/mol. The normalized spacial score (nSPS) is 13.3. The molecule has 0 aromatic heterocycles. The van der Waals surface area contributed by atoms with E-state index < -0.39 is 23.1 Å². The second-order valence-corrected chi connectivity index (χ2v) is 7.43. The highest BCUT2D eigenvalue weighted by Crippen LogP contribution is 2.24. The fourth-order valence-corrected chi connectivity index (χ4v) is 2.25. The number of benzene rings is 1. The highest BCUT2D eigenvalue weighted by atomic mass is 16.6. The van der Waals surface area contributed by atoms with Crippen molar-refractivity contribution in [2.24, 2.45) is 5.41 Å². The summed E-state index contributed by atoms with van der Waals surface area (Å²) in [7, 11) is 0. The van der Waals surface area contributed by atoms with Gasteiger partial charge in [-0.1, -0.05) is 30.3 Å². The number of rotatable bonds is 6. The summed E-state index contributed by atoms with van der Waals surface area (Å²) >= 11 is 0. The van der Waals surface area contributed by atoms with Gasteiger partial charge in [-0.2, -0.15) is 0 Å². The molecule has 2 N–H and O–H groups in total. The number of alkyl carbamates (subject to hydrolysis) is 1. The van der Waals surface area contributed by atoms with Crippen molar-refractivity contribution in [2.45, 2.75) is 59.1 Å². The van der Waals surface area contributed by atoms with Gasteiger partial charge in [-0.15, -0.1) is 0 Å². The molecule has 0 radical (unpaired) electrons. The monoisotopic (exact) mass is 321 g/mol. The Bertz CT molecular complexity index is 532. The number of aliphatic carboxylic acids is 1. The van der Waals surface area contributed by atoms with Crippen LogP contribution in [0.4, 0.5) is 4.79 Å². The number of amides is 1. The Labute approximate surface area is 138 Å². The number of carbonyl (C=O) groups excluding carboxylic acids is 1. The van der Waals surface area contributed by atoms with Crippen LogP contribution in [0, 0.1) is 5.41 Å². The average Bonchev–Trinajstić information content (AvgIpc) is 2.36. The maximum atomic E-state index is 12.0. The molecule has 5 heteroatoms. The molecule has 1 atom stereocenters. The minimum Gasteiger partial charge on any atom is -0.481 e. The number of nitrogens with one attached hydrogen (secondary N) is 1. The molecule has 0 aliphatic carbocycles. The first kappa shape index (κ1) is 19.0. The largest absolute Gasteiger partial charge is 0.481 e. The number of hydrogen-bond acceptors (Lipinski definition) is 3. The van der Waals surface area contributed by atoms with E-state index in [1.54, 1.807) is 34.6 Å². The van der Waals surface area contributed by atoms with Gasteiger partial charge < -0.3 is 15.2 Å². The van der Waals surface area contributed by atoms with Gasteiger partial charge in [0.05, 0.1) is 5.41 Å². The molecule has 0 spiro atoms. The molecule has 0 saturated carbocycles. The zero-order chi connectivity index (χ0) is 17.7. The lowest BCUT2D eigenvalue weighted by Crippen LogP contribution is -2.43. The third-order valence-electron chi connectivity index (χ3n) is 3.38. The predicted octanol–water partition coefficient (Wildman–Crippen LogP) is 3.62. The quantitative estimate of drug-likeness (QED) is 0.839. The van der Waals surface area contributed by atoms with Gasteiger partial charge in [0, 0.05) is 6.04 Å². The maximum absolute atomic E-state index is 12.0. The second-order valence-electron chi connectivity index (χ2n) is 7.43. The summed E-state index contributed by atoms with van der Waals surface area (Å²) < 4.78 is 5.28. The van der Waals surface area contributed by atoms with Gasteiger partial charge in [0.25, 0.3) is 0 Å². The van der Waals surface area contributed by atoms with E-state index in [-0.39, 0.29) is 6.04 Å². The minimum absolute atomic E-state index is 0.316. The third-order valence-corrected chi connectivity index (χ3v) is 3.38. The van der Waals surface area contributed by atoms with Crippen LogP contribution in [0.25, 0.3) is 0 Å². The standard InChI is InChI=1S/C18H27NO4/c1-17(2,3)23-16(22)19-14(12-18(4,5)15(20)21)11-13-9-7-6-8-10-13/h6-10,14H,11-12H2,1-5H3,(H,19,22)(H,20,21). The lowest BCUT2D eigenvalue weighted by molar-refractivity contribution is -0.147. The molecule has 0 heterocycles. The molecule has 1 amide bonds. The van der Waals surface area contributed by atoms with Crippen LogP contribution in [0.1, 0.15) is 46.6 Å². The van der Waals surface area contributed by atoms with Crippen molar-refractivity contribution >= 4 is 12.1 Å². The van der Waals surface area contributed by atoms with E-state index in [1.807, 2.05) is 30.3 Å². The van der Waals surface area contributed by atoms with Crippen molar-refractivity contribution in [1.29, 1.82) is 0 Å². The second kappa shape index (κ2) is 7.49. The lowest BCUT2D eigenvalue weighted by Gasteiger charge is -2.28. The van der Waals surface area contributed by atoms with Gasteiger partial charge >= 0.3 is 12.1 Å². The van der Waals surface area contributed by atoms with Crippen molar-refractivity contribution in [3.05, 3.63) is 35.9 Å². The molecule has 1 aromatic carbocycles. The molecule has 5 nitrogen and oxygen atoms in total. The zero-order valence-electron chi connectivity index (χ0n) is 14.6. The first-order valence-corrected chi connectivity index (χ1v) is 7.76. The van der Waals surface area contributed by atoms with Crippen molar-refractivity contribution in [3.8, 4) is 0 Å². The summed E-state index contributed by atoms with van der Waals surface area (Å²) in [6.07, 6.45) is 0.340. The molecule has 0 aliphatic rings. The Hall–Kier alpha value is -2.04. The molecular formula is C18H27NO4. The van der Waals surface area contributed by atoms with Gasteiger partial charge in [-0.25, -0.2) is 4.79 Å². The van der Waals surface area contributed by atoms with Crippen molar-refractivity contribution in [1.82, 2.24) is 5.32 Å². The molecule has 1 unspecified atom stereocenters. The third kappa shape index (κ3) is 7.17. The highest BCUT2D eigenvalue weighted by molar-refractivity contribution is 5.74. The number of carboxylic acids is 1. The number of carbonyl (C=O) groups is 2. The molecule has 0 aliphatic heterocycles. The molecule has 128 valence electrons. The average molecular weight is 321 g/mol. The number of hydrogen-bond donors (Lipinski definition) is 2. The Morgan fingerprint density at radius 2 is 1.70 bits per heavy atom. The summed E-state index contributed by atoms with van der Waals surface area (Å²) in [6.45, 7) is 8.69. The molecule has 0 bridgehead atoms. The van der Waals surface area contributed by atoms with Gasteiger partial charge in [0.1, 0.15) is 5.60 Å². The summed E-state index contributed by atoms with van der Waals surface area (Å²) in [5.41, 5.74) is -0.493. The van der Waals surface area contributed by atoms with Crippen LogP contribution in [0.5, 0.6) is 0 Å². The van der Waals surface area contributed by atoms with Crippen LogP contribution in [-0.4, -0.2) is 28.8 Å². The van der Waals surface area contributed by atoms with Gasteiger partial charge in [-0.05, 0) is 53.0 Å². The van der Waals surface area contributed by atoms with E-state index in [4.69, 9.17) is 4.74 Å². The number of carboxylic acid groups (broad SMARTS) is 1. The van der Waals surface area contributed by atoms with Crippen LogP contribution in [-0.2, 0) is 16.0 Å². The fraction of sp³-hybridized carbons (Fsp3) is 0.556. The van der Waals surface area contributed by atoms with Crippen molar-refractivity contribution in [2.75, 3.05) is 0 Å². The van der Waals surface area contributed by atoms with Crippen LogP contribution < -0.4 is 5.32 Å². The summed E-state index contributed by atoms with van der Waals surface area (Å²) in [5.74, 6) is -0.887. The molecule has 1 rings (SSSR count). The van der Waals surface area contributed by atoms with E-state index in [1.165, 1.54) is 0 Å². The van der Waals surface area contributed by atoms with E-state index in [2.05, 4.69) is 5.32 Å². The van der Waals surface area contributed by atoms with E-state index >= 15 is 0 Å². The van der Waals surface area contributed by atoms with E-state index in [0.717, 1.165) is 5.56 Å². The van der Waals surface area contributed by atoms with Gasteiger partial charge in [-0.3, -0.25) is 4.79 Å². The fourth-order valence-electron chi connectivity index (χ4n) is 2.25. The zero-order valence-corrected chi connectivity index (χ0v) is 14.6. The lowest BCUT2D eigenvalue weighted by atomic mass is 9.84. The predicted molar refractivity (Wildman–Crippen MR) is 89.3 cm³/mol. The van der Waals surface area contributed by atoms with E-state index in [0.29, 0.717) is 12.8 Å². The molecule has 1 aromatic rings. The van der Waals surface area contributed by atoms with Crippen LogP contribution in [0.15, 0.2) is 30.3 Å². The van der Waals surface area contributed by atoms with Crippen LogP contribution in [0.2, 0.25) is 0 Å².